The molecular weight excluding hydrogens is 304 g/mol. The third kappa shape index (κ3) is 3.36. The van der Waals surface area contributed by atoms with E-state index in [1.807, 2.05) is 6.92 Å². The van der Waals surface area contributed by atoms with E-state index in [4.69, 9.17) is 4.52 Å². The van der Waals surface area contributed by atoms with Gasteiger partial charge in [-0.05, 0) is 38.5 Å². The Hall–Kier alpha value is -2.15. The van der Waals surface area contributed by atoms with E-state index >= 15 is 0 Å². The number of aromatic nitrogens is 1. The minimum Gasteiger partial charge on any atom is -0.361 e. The van der Waals surface area contributed by atoms with Gasteiger partial charge in [-0.1, -0.05) is 17.3 Å². The second kappa shape index (κ2) is 5.92. The SMILES string of the molecule is Cc1noc(C)c1C(=O)N[C@@H](C)c1ccc(S(C)(=O)=O)cc1. The van der Waals surface area contributed by atoms with Crippen LogP contribution in [-0.4, -0.2) is 25.7 Å². The van der Waals surface area contributed by atoms with Crippen LogP contribution in [0, 0.1) is 13.8 Å². The lowest BCUT2D eigenvalue weighted by molar-refractivity contribution is 0.0938. The van der Waals surface area contributed by atoms with Gasteiger partial charge in [0.15, 0.2) is 9.84 Å². The largest absolute Gasteiger partial charge is 0.361 e. The predicted molar refractivity (Wildman–Crippen MR) is 81.4 cm³/mol. The van der Waals surface area contributed by atoms with Crippen molar-refractivity contribution in [2.45, 2.75) is 31.7 Å². The number of nitrogens with one attached hydrogen (secondary N) is 1. The molecule has 0 aliphatic rings. The van der Waals surface area contributed by atoms with Gasteiger partial charge in [0, 0.05) is 6.26 Å². The van der Waals surface area contributed by atoms with Crippen LogP contribution in [0.15, 0.2) is 33.7 Å². The maximum atomic E-state index is 12.3. The molecule has 1 N–H and O–H groups in total. The highest BCUT2D eigenvalue weighted by Crippen LogP contribution is 2.18. The molecule has 22 heavy (non-hydrogen) atoms. The fraction of sp³-hybridized carbons (Fsp3) is 0.333. The van der Waals surface area contributed by atoms with Crippen molar-refractivity contribution in [3.05, 3.63) is 46.8 Å². The summed E-state index contributed by atoms with van der Waals surface area (Å²) >= 11 is 0. The first-order valence-corrected chi connectivity index (χ1v) is 8.63. The van der Waals surface area contributed by atoms with Crippen molar-refractivity contribution in [1.29, 1.82) is 0 Å². The van der Waals surface area contributed by atoms with Gasteiger partial charge in [-0.25, -0.2) is 8.42 Å². The fourth-order valence-electron chi connectivity index (χ4n) is 2.16. The van der Waals surface area contributed by atoms with Gasteiger partial charge in [-0.3, -0.25) is 4.79 Å². The molecule has 1 atom stereocenters. The Kier molecular flexibility index (Phi) is 4.37. The molecule has 0 fully saturated rings. The zero-order valence-corrected chi connectivity index (χ0v) is 13.7. The van der Waals surface area contributed by atoms with Crippen LogP contribution in [0.3, 0.4) is 0 Å². The molecule has 6 nitrogen and oxygen atoms in total. The van der Waals surface area contributed by atoms with Crippen LogP contribution in [0.5, 0.6) is 0 Å². The lowest BCUT2D eigenvalue weighted by Crippen LogP contribution is -2.27. The van der Waals surface area contributed by atoms with Gasteiger partial charge in [-0.15, -0.1) is 0 Å². The number of carbonyl (C=O) groups is 1. The van der Waals surface area contributed by atoms with Crippen LogP contribution in [0.25, 0.3) is 0 Å². The van der Waals surface area contributed by atoms with Gasteiger partial charge >= 0.3 is 0 Å². The van der Waals surface area contributed by atoms with Crippen LogP contribution in [0.2, 0.25) is 0 Å². The smallest absolute Gasteiger partial charge is 0.257 e. The summed E-state index contributed by atoms with van der Waals surface area (Å²) in [5.74, 6) is 0.200. The number of carbonyl (C=O) groups excluding carboxylic acids is 1. The number of amides is 1. The van der Waals surface area contributed by atoms with Crippen LogP contribution in [-0.2, 0) is 9.84 Å². The van der Waals surface area contributed by atoms with Gasteiger partial charge in [0.2, 0.25) is 0 Å². The minimum atomic E-state index is -3.22. The fourth-order valence-corrected chi connectivity index (χ4v) is 2.79. The lowest BCUT2D eigenvalue weighted by Gasteiger charge is -2.14. The van der Waals surface area contributed by atoms with Gasteiger partial charge in [0.1, 0.15) is 11.3 Å². The Morgan fingerprint density at radius 1 is 1.23 bits per heavy atom. The highest BCUT2D eigenvalue weighted by Gasteiger charge is 2.19. The molecule has 1 heterocycles. The summed E-state index contributed by atoms with van der Waals surface area (Å²) in [6.07, 6.45) is 1.16. The number of nitrogens with zero attached hydrogens (tertiary/aromatic N) is 1. The van der Waals surface area contributed by atoms with Crippen molar-refractivity contribution in [3.63, 3.8) is 0 Å². The van der Waals surface area contributed by atoms with E-state index in [-0.39, 0.29) is 16.8 Å². The van der Waals surface area contributed by atoms with E-state index in [0.717, 1.165) is 11.8 Å². The summed E-state index contributed by atoms with van der Waals surface area (Å²) in [5.41, 5.74) is 1.78. The highest BCUT2D eigenvalue weighted by atomic mass is 32.2. The van der Waals surface area contributed by atoms with E-state index in [9.17, 15) is 13.2 Å². The number of rotatable bonds is 4. The Labute approximate surface area is 129 Å². The standard InChI is InChI=1S/C15H18N2O4S/c1-9(12-5-7-13(8-6-12)22(4,19)20)16-15(18)14-10(2)17-21-11(14)3/h5-9H,1-4H3,(H,16,18)/t9-/m0/s1. The molecule has 0 bridgehead atoms. The normalized spacial score (nSPS) is 12.9. The number of aryl methyl sites for hydroxylation is 2. The van der Waals surface area contributed by atoms with Crippen molar-refractivity contribution in [3.8, 4) is 0 Å². The quantitative estimate of drug-likeness (QED) is 0.932. The van der Waals surface area contributed by atoms with E-state index in [0.29, 0.717) is 17.0 Å². The second-order valence-electron chi connectivity index (χ2n) is 5.24. The molecule has 0 saturated heterocycles. The molecule has 0 radical (unpaired) electrons. The average Bonchev–Trinajstić information content (AvgIpc) is 2.77. The summed E-state index contributed by atoms with van der Waals surface area (Å²) in [6, 6.07) is 6.17. The maximum Gasteiger partial charge on any atom is 0.257 e. The first-order valence-electron chi connectivity index (χ1n) is 6.74. The van der Waals surface area contributed by atoms with Crippen molar-refractivity contribution in [2.75, 3.05) is 6.26 Å². The van der Waals surface area contributed by atoms with Gasteiger partial charge in [0.25, 0.3) is 5.91 Å². The van der Waals surface area contributed by atoms with Crippen molar-refractivity contribution >= 4 is 15.7 Å². The van der Waals surface area contributed by atoms with Crippen molar-refractivity contribution in [2.24, 2.45) is 0 Å². The third-order valence-electron chi connectivity index (χ3n) is 3.42. The minimum absolute atomic E-state index is 0.250. The molecule has 1 aromatic heterocycles. The summed E-state index contributed by atoms with van der Waals surface area (Å²) in [6.45, 7) is 5.21. The number of benzene rings is 1. The molecule has 1 amide bonds. The monoisotopic (exact) mass is 322 g/mol. The zero-order chi connectivity index (χ0) is 16.5. The maximum absolute atomic E-state index is 12.3. The van der Waals surface area contributed by atoms with E-state index < -0.39 is 9.84 Å². The first kappa shape index (κ1) is 16.2. The Balaban J connectivity index is 2.16. The number of hydrogen-bond donors (Lipinski definition) is 1. The van der Waals surface area contributed by atoms with Crippen LogP contribution in [0.1, 0.15) is 40.3 Å². The molecule has 7 heteroatoms. The second-order valence-corrected chi connectivity index (χ2v) is 7.25. The zero-order valence-electron chi connectivity index (χ0n) is 12.9. The molecule has 0 aliphatic heterocycles. The van der Waals surface area contributed by atoms with Crippen molar-refractivity contribution in [1.82, 2.24) is 10.5 Å². The van der Waals surface area contributed by atoms with Crippen LogP contribution in [0.4, 0.5) is 0 Å². The molecule has 1 aromatic carbocycles. The van der Waals surface area contributed by atoms with Gasteiger partial charge < -0.3 is 9.84 Å². The number of hydrogen-bond acceptors (Lipinski definition) is 5. The highest BCUT2D eigenvalue weighted by molar-refractivity contribution is 7.90. The molecule has 2 rings (SSSR count). The topological polar surface area (TPSA) is 89.3 Å². The number of sulfone groups is 1. The predicted octanol–water partition coefficient (Wildman–Crippen LogP) is 2.19. The van der Waals surface area contributed by atoms with Crippen LogP contribution < -0.4 is 5.32 Å². The molecule has 118 valence electrons. The van der Waals surface area contributed by atoms with E-state index in [1.165, 1.54) is 12.1 Å². The summed E-state index contributed by atoms with van der Waals surface area (Å²) in [4.78, 5) is 12.5. The van der Waals surface area contributed by atoms with Crippen LogP contribution >= 0.6 is 0 Å². The molecule has 0 saturated carbocycles. The molecule has 0 unspecified atom stereocenters. The third-order valence-corrected chi connectivity index (χ3v) is 4.54. The van der Waals surface area contributed by atoms with E-state index in [1.54, 1.807) is 26.0 Å². The first-order chi connectivity index (χ1) is 10.2. The van der Waals surface area contributed by atoms with Crippen molar-refractivity contribution < 1.29 is 17.7 Å². The molecule has 2 aromatic rings. The Morgan fingerprint density at radius 3 is 2.27 bits per heavy atom. The summed E-state index contributed by atoms with van der Waals surface area (Å²) < 4.78 is 27.8. The average molecular weight is 322 g/mol. The summed E-state index contributed by atoms with van der Waals surface area (Å²) in [7, 11) is -3.22. The van der Waals surface area contributed by atoms with E-state index in [2.05, 4.69) is 10.5 Å². The Morgan fingerprint density at radius 2 is 1.82 bits per heavy atom. The molecule has 0 spiro atoms. The Bertz CT molecular complexity index is 772. The van der Waals surface area contributed by atoms with Gasteiger partial charge in [-0.2, -0.15) is 0 Å². The molecular formula is C15H18N2O4S. The lowest BCUT2D eigenvalue weighted by atomic mass is 10.1. The summed E-state index contributed by atoms with van der Waals surface area (Å²) in [5, 5.41) is 6.60. The van der Waals surface area contributed by atoms with Gasteiger partial charge in [0.05, 0.1) is 16.6 Å². The molecule has 0 aliphatic carbocycles.